The van der Waals surface area contributed by atoms with Crippen LogP contribution in [0.2, 0.25) is 0 Å². The minimum absolute atomic E-state index is 0.0133. The van der Waals surface area contributed by atoms with E-state index in [0.717, 1.165) is 0 Å². The van der Waals surface area contributed by atoms with Crippen LogP contribution < -0.4 is 5.32 Å². The molecule has 0 bridgehead atoms. The van der Waals surface area contributed by atoms with Crippen LogP contribution in [0.15, 0.2) is 36.5 Å². The molecule has 2 N–H and O–H groups in total. The Balaban J connectivity index is 1.56. The second-order valence-corrected chi connectivity index (χ2v) is 16.9. The van der Waals surface area contributed by atoms with Gasteiger partial charge < -0.3 is 39.0 Å². The van der Waals surface area contributed by atoms with Crippen molar-refractivity contribution in [3.63, 3.8) is 0 Å². The van der Waals surface area contributed by atoms with Crippen LogP contribution in [0.25, 0.3) is 17.0 Å². The third-order valence-electron chi connectivity index (χ3n) is 12.1. The van der Waals surface area contributed by atoms with Gasteiger partial charge in [-0.1, -0.05) is 46.3 Å². The number of ketones is 2. The first-order valence-electron chi connectivity index (χ1n) is 20.1. The lowest BCUT2D eigenvalue weighted by Crippen LogP contribution is -2.60. The highest BCUT2D eigenvalue weighted by Gasteiger charge is 2.57. The van der Waals surface area contributed by atoms with Crippen LogP contribution >= 0.6 is 0 Å². The predicted molar refractivity (Wildman–Crippen MR) is 210 cm³/mol. The number of amides is 1. The van der Waals surface area contributed by atoms with Crippen molar-refractivity contribution >= 4 is 40.6 Å². The molecule has 14 heteroatoms. The summed E-state index contributed by atoms with van der Waals surface area (Å²) in [6.07, 6.45) is 1.23. The predicted octanol–water partition coefficient (Wildman–Crippen LogP) is 5.64. The summed E-state index contributed by atoms with van der Waals surface area (Å²) in [5, 5.41) is 15.0. The van der Waals surface area contributed by atoms with E-state index in [0.29, 0.717) is 35.7 Å². The number of nitrogens with zero attached hydrogens (tertiary/aromatic N) is 2. The number of aliphatic hydroxyl groups excluding tert-OH is 1. The molecule has 314 valence electrons. The Labute approximate surface area is 335 Å². The molecule has 2 aromatic rings. The molecule has 0 spiro atoms. The van der Waals surface area contributed by atoms with Gasteiger partial charge in [-0.3, -0.25) is 19.4 Å². The average Bonchev–Trinajstić information content (AvgIpc) is 3.48. The smallest absolute Gasteiger partial charge is 0.408 e. The lowest BCUT2D eigenvalue weighted by Gasteiger charge is -2.47. The van der Waals surface area contributed by atoms with Gasteiger partial charge >= 0.3 is 12.1 Å². The topological polar surface area (TPSA) is 163 Å². The van der Waals surface area contributed by atoms with Gasteiger partial charge in [0.25, 0.3) is 0 Å². The van der Waals surface area contributed by atoms with Gasteiger partial charge in [0.05, 0.1) is 36.0 Å². The van der Waals surface area contributed by atoms with Crippen molar-refractivity contribution in [2.45, 2.75) is 135 Å². The number of rotatable bonds is 9. The zero-order valence-electron chi connectivity index (χ0n) is 34.8. The van der Waals surface area contributed by atoms with Gasteiger partial charge in [0.15, 0.2) is 17.7 Å². The zero-order chi connectivity index (χ0) is 42.0. The van der Waals surface area contributed by atoms with Crippen LogP contribution in [0.3, 0.4) is 0 Å². The zero-order valence-corrected chi connectivity index (χ0v) is 34.8. The first-order valence-corrected chi connectivity index (χ1v) is 20.1. The van der Waals surface area contributed by atoms with E-state index in [1.807, 2.05) is 32.8 Å². The number of ether oxygens (including phenoxy) is 5. The van der Waals surface area contributed by atoms with Gasteiger partial charge in [0.2, 0.25) is 0 Å². The quantitative estimate of drug-likeness (QED) is 0.238. The van der Waals surface area contributed by atoms with E-state index in [1.165, 1.54) is 19.1 Å². The number of aromatic nitrogens is 1. The van der Waals surface area contributed by atoms with Crippen molar-refractivity contribution in [2.75, 3.05) is 20.7 Å². The number of nitrogens with one attached hydrogen (secondary N) is 1. The van der Waals surface area contributed by atoms with Crippen molar-refractivity contribution in [3.05, 3.63) is 47.9 Å². The maximum absolute atomic E-state index is 14.5. The summed E-state index contributed by atoms with van der Waals surface area (Å²) in [4.78, 5) is 62.0. The first-order chi connectivity index (χ1) is 26.8. The van der Waals surface area contributed by atoms with Gasteiger partial charge in [-0.15, -0.1) is 0 Å². The van der Waals surface area contributed by atoms with Crippen LogP contribution in [-0.2, 0) is 38.1 Å². The molecule has 1 amide bonds. The van der Waals surface area contributed by atoms with Crippen molar-refractivity contribution in [1.29, 1.82) is 0 Å². The van der Waals surface area contributed by atoms with E-state index in [4.69, 9.17) is 23.7 Å². The lowest BCUT2D eigenvalue weighted by atomic mass is 9.73. The van der Waals surface area contributed by atoms with Crippen molar-refractivity contribution in [2.24, 2.45) is 23.7 Å². The summed E-state index contributed by atoms with van der Waals surface area (Å²) in [7, 11) is 3.71. The lowest BCUT2D eigenvalue weighted by molar-refractivity contribution is -0.296. The number of esters is 1. The van der Waals surface area contributed by atoms with E-state index in [2.05, 4.69) is 10.3 Å². The number of fused-ring (bicyclic) bond motifs is 2. The fraction of sp³-hybridized carbons (Fsp3) is 0.651. The Kier molecular flexibility index (Phi) is 14.0. The normalized spacial score (nSPS) is 37.2. The first kappa shape index (κ1) is 44.3. The Morgan fingerprint density at radius 3 is 2.46 bits per heavy atom. The molecule has 13 atom stereocenters. The Hall–Kier alpha value is -3.82. The summed E-state index contributed by atoms with van der Waals surface area (Å²) in [5.74, 6) is -5.69. The number of halogens is 1. The van der Waals surface area contributed by atoms with Gasteiger partial charge in [-0.25, -0.2) is 9.18 Å². The number of benzene rings is 1. The van der Waals surface area contributed by atoms with E-state index in [1.54, 1.807) is 65.1 Å². The number of hydrogen-bond donors (Lipinski definition) is 2. The van der Waals surface area contributed by atoms with Crippen LogP contribution in [0.4, 0.5) is 9.18 Å². The van der Waals surface area contributed by atoms with Crippen LogP contribution in [0.1, 0.15) is 86.6 Å². The molecule has 0 unspecified atom stereocenters. The molecule has 4 heterocycles. The van der Waals surface area contributed by atoms with Crippen molar-refractivity contribution in [1.82, 2.24) is 15.2 Å². The molecule has 0 aliphatic carbocycles. The number of likely N-dealkylation sites (N-methyl/N-ethyl adjacent to an activating group) is 1. The standard InChI is InChI=1S/C43H60FN3O10/c1-11-13-33-43(8)37(46-41(52)57-43)25(4)34(48)23(2)21-42(7,53-17-12-14-28-19-29-20-30(44)15-16-31(29)45-22-28)38(26(5)35(49)27(6)39(51)55-33)56-40-36(50)32(47(9)10)18-24(3)54-40/h12,14-16,19-20,22-27,32-33,36-38,40,50H,11,13,17-18,21H2,1-10H3,(H,46,52)/b14-12+/t23-,24-,25+,26+,27-,32+,33-,36-,37+,38-,40+,42-,43-/m1/s1. The molecule has 0 radical (unpaired) electrons. The van der Waals surface area contributed by atoms with Crippen LogP contribution in [0, 0.1) is 29.5 Å². The number of hydrogen-bond acceptors (Lipinski definition) is 12. The van der Waals surface area contributed by atoms with E-state index in [9.17, 15) is 28.7 Å². The number of aliphatic hydroxyl groups is 1. The molecule has 3 saturated heterocycles. The number of carbonyl (C=O) groups is 4. The Bertz CT molecular complexity index is 1820. The molecule has 3 fully saturated rings. The number of cyclic esters (lactones) is 1. The molecule has 1 aromatic carbocycles. The van der Waals surface area contributed by atoms with E-state index < -0.39 is 83.4 Å². The maximum atomic E-state index is 14.5. The van der Waals surface area contributed by atoms with Gasteiger partial charge in [0, 0.05) is 35.4 Å². The Morgan fingerprint density at radius 1 is 1.05 bits per heavy atom. The summed E-state index contributed by atoms with van der Waals surface area (Å²) in [6.45, 7) is 13.8. The highest BCUT2D eigenvalue weighted by molar-refractivity contribution is 6.00. The van der Waals surface area contributed by atoms with Crippen LogP contribution in [0.5, 0.6) is 0 Å². The second-order valence-electron chi connectivity index (χ2n) is 16.9. The van der Waals surface area contributed by atoms with Crippen molar-refractivity contribution in [3.8, 4) is 0 Å². The molecule has 0 saturated carbocycles. The molecule has 5 rings (SSSR count). The van der Waals surface area contributed by atoms with E-state index in [-0.39, 0.29) is 36.8 Å². The Morgan fingerprint density at radius 2 is 1.77 bits per heavy atom. The summed E-state index contributed by atoms with van der Waals surface area (Å²) in [6, 6.07) is 4.99. The molecule has 57 heavy (non-hydrogen) atoms. The molecular weight excluding hydrogens is 737 g/mol. The number of alkyl carbamates (subject to hydrolysis) is 1. The maximum Gasteiger partial charge on any atom is 0.408 e. The molecule has 3 aliphatic rings. The second kappa shape index (κ2) is 18.0. The average molecular weight is 798 g/mol. The van der Waals surface area contributed by atoms with Crippen LogP contribution in [-0.4, -0.2) is 113 Å². The third-order valence-corrected chi connectivity index (χ3v) is 12.1. The van der Waals surface area contributed by atoms with Gasteiger partial charge in [0.1, 0.15) is 29.7 Å². The fourth-order valence-corrected chi connectivity index (χ4v) is 8.88. The molecule has 1 aromatic heterocycles. The van der Waals surface area contributed by atoms with Crippen molar-refractivity contribution < 1.29 is 52.4 Å². The minimum atomic E-state index is -1.41. The monoisotopic (exact) mass is 797 g/mol. The number of carbonyl (C=O) groups excluding carboxylic acids is 4. The molecular formula is C43H60FN3O10. The minimum Gasteiger partial charge on any atom is -0.457 e. The summed E-state index contributed by atoms with van der Waals surface area (Å²) >= 11 is 0. The number of pyridine rings is 1. The van der Waals surface area contributed by atoms with E-state index >= 15 is 0 Å². The fourth-order valence-electron chi connectivity index (χ4n) is 8.88. The summed E-state index contributed by atoms with van der Waals surface area (Å²) in [5.41, 5.74) is -1.47. The summed E-state index contributed by atoms with van der Waals surface area (Å²) < 4.78 is 45.4. The van der Waals surface area contributed by atoms with Gasteiger partial charge in [-0.2, -0.15) is 0 Å². The van der Waals surface area contributed by atoms with Gasteiger partial charge in [-0.05, 0) is 90.9 Å². The molecule has 13 nitrogen and oxygen atoms in total. The largest absolute Gasteiger partial charge is 0.457 e. The SMILES string of the molecule is CCC[C@H]1OC(=O)[C@H](C)C(=O)[C@H](C)[C@@H](O[C@@H]2O[C@H](C)C[C@H](N(C)C)[C@H]2O)[C@](C)(OC/C=C/c2cnc3ccc(F)cc3c2)C[C@@H](C)C(=O)[C@H](C)[C@@H]2NC(=O)O[C@]12C. The third kappa shape index (κ3) is 9.57. The molecule has 3 aliphatic heterocycles. The number of Topliss-reactive ketones (excluding diaryl/α,β-unsaturated/α-hetero) is 2. The highest BCUT2D eigenvalue weighted by Crippen LogP contribution is 2.40. The highest BCUT2D eigenvalue weighted by atomic mass is 19.1.